The number of hydrogen-bond donors (Lipinski definition) is 1. The van der Waals surface area contributed by atoms with Crippen molar-refractivity contribution < 1.29 is 14.3 Å². The van der Waals surface area contributed by atoms with E-state index in [4.69, 9.17) is 16.3 Å². The van der Waals surface area contributed by atoms with Crippen LogP contribution in [0.2, 0.25) is 5.02 Å². The number of fused-ring (bicyclic) bond motifs is 2. The lowest BCUT2D eigenvalue weighted by molar-refractivity contribution is -0.125. The Balaban J connectivity index is 1.40. The van der Waals surface area contributed by atoms with Gasteiger partial charge in [0.2, 0.25) is 5.91 Å². The Labute approximate surface area is 175 Å². The zero-order valence-electron chi connectivity index (χ0n) is 17.4. The van der Waals surface area contributed by atoms with Gasteiger partial charge < -0.3 is 19.4 Å². The van der Waals surface area contributed by atoms with Gasteiger partial charge in [0.15, 0.2) is 0 Å². The Hall–Kier alpha value is -2.28. The number of carbonyl (C=O) groups is 2. The Bertz CT molecular complexity index is 966. The van der Waals surface area contributed by atoms with E-state index in [1.54, 1.807) is 11.1 Å². The number of nitrogens with one attached hydrogen (secondary N) is 1. The lowest BCUT2D eigenvalue weighted by atomic mass is 10.0. The van der Waals surface area contributed by atoms with Crippen molar-refractivity contribution in [2.24, 2.45) is 17.8 Å². The van der Waals surface area contributed by atoms with E-state index in [1.165, 1.54) is 0 Å². The predicted octanol–water partition coefficient (Wildman–Crippen LogP) is 3.45. The van der Waals surface area contributed by atoms with Crippen molar-refractivity contribution in [1.29, 1.82) is 0 Å². The lowest BCUT2D eigenvalue weighted by Gasteiger charge is -2.27. The highest BCUT2D eigenvalue weighted by Crippen LogP contribution is 2.52. The van der Waals surface area contributed by atoms with Crippen LogP contribution in [0, 0.1) is 17.8 Å². The van der Waals surface area contributed by atoms with Gasteiger partial charge in [0, 0.05) is 25.2 Å². The number of pyridine rings is 1. The summed E-state index contributed by atoms with van der Waals surface area (Å²) in [6.07, 6.45) is 3.31. The Morgan fingerprint density at radius 3 is 2.48 bits per heavy atom. The fraction of sp³-hybridized carbons (Fsp3) is 0.571. The average molecular weight is 419 g/mol. The second kappa shape index (κ2) is 6.62. The quantitative estimate of drug-likeness (QED) is 0.828. The molecule has 7 nitrogen and oxygen atoms in total. The second-order valence-corrected chi connectivity index (χ2v) is 9.95. The highest BCUT2D eigenvalue weighted by Gasteiger charge is 2.61. The number of amides is 2. The van der Waals surface area contributed by atoms with Crippen LogP contribution in [-0.2, 0) is 15.1 Å². The van der Waals surface area contributed by atoms with Crippen LogP contribution in [0.5, 0.6) is 0 Å². The van der Waals surface area contributed by atoms with Gasteiger partial charge in [-0.1, -0.05) is 11.6 Å². The highest BCUT2D eigenvalue weighted by molar-refractivity contribution is 6.33. The van der Waals surface area contributed by atoms with Crippen LogP contribution in [0.4, 0.5) is 4.79 Å². The number of nitrogens with zero attached hydrogens (tertiary/aromatic N) is 3. The molecular formula is C21H27ClN4O3. The third-order valence-electron chi connectivity index (χ3n) is 5.66. The zero-order chi connectivity index (χ0) is 21.1. The minimum atomic E-state index is -0.657. The van der Waals surface area contributed by atoms with Gasteiger partial charge in [-0.3, -0.25) is 4.79 Å². The van der Waals surface area contributed by atoms with E-state index < -0.39 is 11.1 Å². The number of halogens is 1. The summed E-state index contributed by atoms with van der Waals surface area (Å²) >= 11 is 6.24. The Morgan fingerprint density at radius 1 is 1.21 bits per heavy atom. The first-order valence-corrected chi connectivity index (χ1v) is 10.3. The molecule has 4 rings (SSSR count). The van der Waals surface area contributed by atoms with Crippen LogP contribution in [-0.4, -0.2) is 45.0 Å². The molecule has 8 heteroatoms. The van der Waals surface area contributed by atoms with Crippen molar-refractivity contribution in [2.75, 3.05) is 13.1 Å². The monoisotopic (exact) mass is 418 g/mol. The van der Waals surface area contributed by atoms with E-state index in [0.29, 0.717) is 18.1 Å². The number of ether oxygens (including phenoxy) is 1. The molecule has 2 aliphatic rings. The number of hydrogen-bond acceptors (Lipinski definition) is 4. The van der Waals surface area contributed by atoms with Gasteiger partial charge in [0.25, 0.3) is 0 Å². The van der Waals surface area contributed by atoms with Crippen LogP contribution < -0.4 is 5.32 Å². The van der Waals surface area contributed by atoms with Gasteiger partial charge in [0.05, 0.1) is 22.3 Å². The number of piperidine rings is 1. The topological polar surface area (TPSA) is 75.9 Å². The summed E-state index contributed by atoms with van der Waals surface area (Å²) in [5.41, 5.74) is -0.362. The maximum absolute atomic E-state index is 12.9. The summed E-state index contributed by atoms with van der Waals surface area (Å²) in [5, 5.41) is 3.76. The second-order valence-electron chi connectivity index (χ2n) is 9.55. The molecule has 2 fully saturated rings. The normalized spacial score (nSPS) is 23.8. The van der Waals surface area contributed by atoms with Crippen LogP contribution in [0.15, 0.2) is 24.5 Å². The minimum Gasteiger partial charge on any atom is -0.444 e. The van der Waals surface area contributed by atoms with Crippen molar-refractivity contribution in [1.82, 2.24) is 19.6 Å². The van der Waals surface area contributed by atoms with Gasteiger partial charge in [-0.15, -0.1) is 0 Å². The molecule has 0 aromatic carbocycles. The molecule has 1 unspecified atom stereocenters. The molecule has 2 aromatic heterocycles. The smallest absolute Gasteiger partial charge is 0.410 e. The molecule has 0 spiro atoms. The van der Waals surface area contributed by atoms with Crippen molar-refractivity contribution in [3.63, 3.8) is 0 Å². The zero-order valence-corrected chi connectivity index (χ0v) is 18.2. The number of imidazole rings is 1. The van der Waals surface area contributed by atoms with Crippen molar-refractivity contribution in [3.8, 4) is 0 Å². The van der Waals surface area contributed by atoms with E-state index in [-0.39, 0.29) is 29.8 Å². The van der Waals surface area contributed by atoms with Gasteiger partial charge >= 0.3 is 6.09 Å². The molecule has 156 valence electrons. The third-order valence-corrected chi connectivity index (χ3v) is 5.98. The molecule has 29 heavy (non-hydrogen) atoms. The number of likely N-dealkylation sites (tertiary alicyclic amines) is 1. The van der Waals surface area contributed by atoms with E-state index in [2.05, 4.69) is 10.3 Å². The van der Waals surface area contributed by atoms with E-state index in [9.17, 15) is 9.59 Å². The van der Waals surface area contributed by atoms with E-state index in [0.717, 1.165) is 11.3 Å². The molecule has 3 atom stereocenters. The third kappa shape index (κ3) is 3.68. The molecule has 2 amide bonds. The van der Waals surface area contributed by atoms with E-state index in [1.807, 2.05) is 57.3 Å². The fourth-order valence-corrected chi connectivity index (χ4v) is 4.50. The van der Waals surface area contributed by atoms with Crippen LogP contribution in [0.25, 0.3) is 5.52 Å². The van der Waals surface area contributed by atoms with Crippen LogP contribution >= 0.6 is 11.6 Å². The molecule has 1 aliphatic heterocycles. The van der Waals surface area contributed by atoms with Crippen LogP contribution in [0.1, 0.15) is 40.4 Å². The minimum absolute atomic E-state index is 0.00705. The molecule has 1 saturated carbocycles. The number of carbonyl (C=O) groups excluding carboxylic acids is 2. The number of rotatable bonds is 3. The fourth-order valence-electron chi connectivity index (χ4n) is 4.29. The first-order valence-electron chi connectivity index (χ1n) is 9.90. The lowest BCUT2D eigenvalue weighted by Crippen LogP contribution is -2.45. The van der Waals surface area contributed by atoms with Gasteiger partial charge in [-0.25, -0.2) is 9.78 Å². The maximum atomic E-state index is 12.9. The molecule has 2 aromatic rings. The summed E-state index contributed by atoms with van der Waals surface area (Å²) in [4.78, 5) is 31.4. The molecule has 1 aliphatic carbocycles. The molecular weight excluding hydrogens is 392 g/mol. The van der Waals surface area contributed by atoms with Crippen LogP contribution in [0.3, 0.4) is 0 Å². The first kappa shape index (κ1) is 20.0. The maximum Gasteiger partial charge on any atom is 0.410 e. The summed E-state index contributed by atoms with van der Waals surface area (Å²) in [6, 6.07) is 3.67. The van der Waals surface area contributed by atoms with Crippen molar-refractivity contribution in [3.05, 3.63) is 35.4 Å². The summed E-state index contributed by atoms with van der Waals surface area (Å²) < 4.78 is 7.33. The first-order chi connectivity index (χ1) is 13.5. The summed E-state index contributed by atoms with van der Waals surface area (Å²) in [7, 11) is 0. The van der Waals surface area contributed by atoms with Gasteiger partial charge in [0.1, 0.15) is 11.4 Å². The van der Waals surface area contributed by atoms with E-state index >= 15 is 0 Å². The highest BCUT2D eigenvalue weighted by atomic mass is 35.5. The van der Waals surface area contributed by atoms with Crippen molar-refractivity contribution in [2.45, 2.75) is 45.8 Å². The summed E-state index contributed by atoms with van der Waals surface area (Å²) in [5.74, 6) is 1.06. The average Bonchev–Trinajstić information content (AvgIpc) is 2.96. The predicted molar refractivity (Wildman–Crippen MR) is 110 cm³/mol. The molecule has 1 N–H and O–H groups in total. The SMILES string of the molecule is CC(C)(C)OC(=O)N1C[C@@H]2C(C(=O)NC(C)(C)c3ncc4c(Cl)cccn34)[C@@H]2C1. The summed E-state index contributed by atoms with van der Waals surface area (Å²) in [6.45, 7) is 10.6. The Kier molecular flexibility index (Phi) is 4.57. The molecule has 3 heterocycles. The molecule has 0 bridgehead atoms. The Morgan fingerprint density at radius 2 is 1.86 bits per heavy atom. The molecule has 1 saturated heterocycles. The number of aromatic nitrogens is 2. The van der Waals surface area contributed by atoms with Gasteiger partial charge in [-0.2, -0.15) is 0 Å². The van der Waals surface area contributed by atoms with Gasteiger partial charge in [-0.05, 0) is 58.6 Å². The van der Waals surface area contributed by atoms with Crippen molar-refractivity contribution >= 4 is 29.1 Å². The largest absolute Gasteiger partial charge is 0.444 e. The standard InChI is InChI=1S/C21H27ClN4O3/c1-20(2,3)29-19(28)25-10-12-13(11-25)16(12)17(27)24-21(4,5)18-23-9-15-14(22)7-6-8-26(15)18/h6-9,12-13,16H,10-11H2,1-5H3,(H,24,27)/t12-,13+,16?. The molecule has 0 radical (unpaired) electrons.